The number of rotatable bonds is 7. The number of nitro groups is 1. The lowest BCUT2D eigenvalue weighted by Crippen LogP contribution is -2.00. The van der Waals surface area contributed by atoms with Gasteiger partial charge in [-0.3, -0.25) is 10.1 Å². The fraction of sp³-hybridized carbons (Fsp3) is 0.294. The summed E-state index contributed by atoms with van der Waals surface area (Å²) < 4.78 is 16.1. The van der Waals surface area contributed by atoms with Gasteiger partial charge in [0, 0.05) is 29.8 Å². The lowest BCUT2D eigenvalue weighted by atomic mass is 10.0. The largest absolute Gasteiger partial charge is 0.496 e. The van der Waals surface area contributed by atoms with Gasteiger partial charge >= 0.3 is 0 Å². The van der Waals surface area contributed by atoms with Gasteiger partial charge < -0.3 is 14.2 Å². The zero-order valence-electron chi connectivity index (χ0n) is 13.4. The highest BCUT2D eigenvalue weighted by Gasteiger charge is 2.13. The number of ether oxygens (including phenoxy) is 3. The van der Waals surface area contributed by atoms with Gasteiger partial charge in [0.2, 0.25) is 0 Å². The molecule has 122 valence electrons. The smallest absolute Gasteiger partial charge is 0.269 e. The van der Waals surface area contributed by atoms with Crippen molar-refractivity contribution in [1.29, 1.82) is 0 Å². The quantitative estimate of drug-likeness (QED) is 0.578. The average Bonchev–Trinajstić information content (AvgIpc) is 2.59. The summed E-state index contributed by atoms with van der Waals surface area (Å²) in [5, 5.41) is 10.7. The molecule has 0 amide bonds. The molecule has 6 heteroatoms. The molecule has 0 aliphatic carbocycles. The summed E-state index contributed by atoms with van der Waals surface area (Å²) in [5.74, 6) is 2.06. The summed E-state index contributed by atoms with van der Waals surface area (Å²) in [4.78, 5) is 10.3. The summed E-state index contributed by atoms with van der Waals surface area (Å²) in [5.41, 5.74) is 2.04. The van der Waals surface area contributed by atoms with Gasteiger partial charge in [-0.05, 0) is 18.4 Å². The summed E-state index contributed by atoms with van der Waals surface area (Å²) in [6.07, 6.45) is 1.41. The summed E-state index contributed by atoms with van der Waals surface area (Å²) in [7, 11) is 4.79. The van der Waals surface area contributed by atoms with Crippen molar-refractivity contribution in [2.24, 2.45) is 0 Å². The van der Waals surface area contributed by atoms with Gasteiger partial charge in [-0.1, -0.05) is 12.1 Å². The summed E-state index contributed by atoms with van der Waals surface area (Å²) in [6, 6.07) is 10.2. The molecule has 0 bridgehead atoms. The highest BCUT2D eigenvalue weighted by atomic mass is 16.6. The van der Waals surface area contributed by atoms with Crippen LogP contribution in [-0.2, 0) is 12.8 Å². The van der Waals surface area contributed by atoms with Crippen LogP contribution in [0.5, 0.6) is 17.2 Å². The van der Waals surface area contributed by atoms with E-state index in [-0.39, 0.29) is 5.69 Å². The topological polar surface area (TPSA) is 70.8 Å². The van der Waals surface area contributed by atoms with Crippen LogP contribution in [0.3, 0.4) is 0 Å². The molecular weight excluding hydrogens is 298 g/mol. The Balaban J connectivity index is 2.20. The lowest BCUT2D eigenvalue weighted by Gasteiger charge is -2.15. The minimum Gasteiger partial charge on any atom is -0.496 e. The standard InChI is InChI=1S/C17H19NO5/c1-21-14-10-16(22-2)15(17(11-14)23-3)9-6-12-4-7-13(8-5-12)18(19)20/h4-5,7-8,10-11H,6,9H2,1-3H3. The van der Waals surface area contributed by atoms with Gasteiger partial charge in [-0.2, -0.15) is 0 Å². The summed E-state index contributed by atoms with van der Waals surface area (Å²) in [6.45, 7) is 0. The van der Waals surface area contributed by atoms with E-state index in [1.807, 2.05) is 12.1 Å². The molecule has 23 heavy (non-hydrogen) atoms. The van der Waals surface area contributed by atoms with E-state index in [1.54, 1.807) is 33.5 Å². The van der Waals surface area contributed by atoms with E-state index in [0.717, 1.165) is 17.5 Å². The second kappa shape index (κ2) is 7.49. The number of benzene rings is 2. The van der Waals surface area contributed by atoms with Crippen LogP contribution in [0, 0.1) is 10.1 Å². The maximum Gasteiger partial charge on any atom is 0.269 e. The Kier molecular flexibility index (Phi) is 5.41. The second-order valence-corrected chi connectivity index (χ2v) is 4.93. The van der Waals surface area contributed by atoms with Crippen molar-refractivity contribution in [1.82, 2.24) is 0 Å². The number of nitrogens with zero attached hydrogens (tertiary/aromatic N) is 1. The van der Waals surface area contributed by atoms with Crippen LogP contribution in [0.1, 0.15) is 11.1 Å². The third kappa shape index (κ3) is 3.91. The number of aryl methyl sites for hydroxylation is 1. The van der Waals surface area contributed by atoms with Crippen LogP contribution in [0.2, 0.25) is 0 Å². The predicted octanol–water partition coefficient (Wildman–Crippen LogP) is 3.41. The third-order valence-corrected chi connectivity index (χ3v) is 3.63. The van der Waals surface area contributed by atoms with Crippen molar-refractivity contribution in [3.63, 3.8) is 0 Å². The molecule has 0 spiro atoms. The molecule has 0 atom stereocenters. The number of hydrogen-bond acceptors (Lipinski definition) is 5. The molecule has 2 aromatic carbocycles. The van der Waals surface area contributed by atoms with Crippen molar-refractivity contribution in [2.75, 3.05) is 21.3 Å². The third-order valence-electron chi connectivity index (χ3n) is 3.63. The van der Waals surface area contributed by atoms with Crippen LogP contribution in [0.25, 0.3) is 0 Å². The van der Waals surface area contributed by atoms with E-state index in [2.05, 4.69) is 0 Å². The van der Waals surface area contributed by atoms with Gasteiger partial charge in [0.05, 0.1) is 26.3 Å². The number of non-ortho nitro benzene ring substituents is 1. The van der Waals surface area contributed by atoms with Gasteiger partial charge in [0.25, 0.3) is 5.69 Å². The van der Waals surface area contributed by atoms with Gasteiger partial charge in [-0.25, -0.2) is 0 Å². The zero-order chi connectivity index (χ0) is 16.8. The molecule has 0 fully saturated rings. The maximum absolute atomic E-state index is 10.7. The van der Waals surface area contributed by atoms with E-state index in [0.29, 0.717) is 23.7 Å². The van der Waals surface area contributed by atoms with Crippen LogP contribution in [0.15, 0.2) is 36.4 Å². The Labute approximate surface area is 134 Å². The highest BCUT2D eigenvalue weighted by Crippen LogP contribution is 2.35. The van der Waals surface area contributed by atoms with Crippen LogP contribution >= 0.6 is 0 Å². The Bertz CT molecular complexity index is 657. The van der Waals surface area contributed by atoms with Crippen molar-refractivity contribution in [3.05, 3.63) is 57.6 Å². The molecule has 0 heterocycles. The molecule has 2 rings (SSSR count). The van der Waals surface area contributed by atoms with E-state index in [9.17, 15) is 10.1 Å². The summed E-state index contributed by atoms with van der Waals surface area (Å²) >= 11 is 0. The van der Waals surface area contributed by atoms with Crippen molar-refractivity contribution < 1.29 is 19.1 Å². The van der Waals surface area contributed by atoms with Gasteiger partial charge in [0.1, 0.15) is 17.2 Å². The normalized spacial score (nSPS) is 10.2. The SMILES string of the molecule is COc1cc(OC)c(CCc2ccc([N+](=O)[O-])cc2)c(OC)c1. The Hall–Kier alpha value is -2.76. The molecule has 0 aliphatic heterocycles. The van der Waals surface area contributed by atoms with E-state index in [4.69, 9.17) is 14.2 Å². The average molecular weight is 317 g/mol. The molecule has 0 saturated heterocycles. The monoisotopic (exact) mass is 317 g/mol. The Morgan fingerprint density at radius 2 is 1.48 bits per heavy atom. The van der Waals surface area contributed by atoms with E-state index >= 15 is 0 Å². The number of hydrogen-bond donors (Lipinski definition) is 0. The van der Waals surface area contributed by atoms with Crippen LogP contribution in [0.4, 0.5) is 5.69 Å². The van der Waals surface area contributed by atoms with Gasteiger partial charge in [-0.15, -0.1) is 0 Å². The van der Waals surface area contributed by atoms with E-state index < -0.39 is 4.92 Å². The maximum atomic E-state index is 10.7. The van der Waals surface area contributed by atoms with Crippen molar-refractivity contribution >= 4 is 5.69 Å². The lowest BCUT2D eigenvalue weighted by molar-refractivity contribution is -0.384. The molecule has 0 aliphatic rings. The predicted molar refractivity (Wildman–Crippen MR) is 86.6 cm³/mol. The minimum atomic E-state index is -0.403. The molecule has 2 aromatic rings. The first-order chi connectivity index (χ1) is 11.1. The van der Waals surface area contributed by atoms with Gasteiger partial charge in [0.15, 0.2) is 0 Å². The fourth-order valence-electron chi connectivity index (χ4n) is 2.38. The number of methoxy groups -OCH3 is 3. The first-order valence-corrected chi connectivity index (χ1v) is 7.11. The van der Waals surface area contributed by atoms with Crippen molar-refractivity contribution in [2.45, 2.75) is 12.8 Å². The van der Waals surface area contributed by atoms with Crippen molar-refractivity contribution in [3.8, 4) is 17.2 Å². The zero-order valence-corrected chi connectivity index (χ0v) is 13.4. The first-order valence-electron chi connectivity index (χ1n) is 7.11. The van der Waals surface area contributed by atoms with Crippen LogP contribution < -0.4 is 14.2 Å². The molecule has 0 saturated carbocycles. The minimum absolute atomic E-state index is 0.0911. The first kappa shape index (κ1) is 16.6. The Morgan fingerprint density at radius 1 is 0.913 bits per heavy atom. The molecule has 0 aromatic heterocycles. The molecule has 0 radical (unpaired) electrons. The molecule has 0 unspecified atom stereocenters. The molecular formula is C17H19NO5. The fourth-order valence-corrected chi connectivity index (χ4v) is 2.38. The highest BCUT2D eigenvalue weighted by molar-refractivity contribution is 5.51. The molecule has 6 nitrogen and oxygen atoms in total. The van der Waals surface area contributed by atoms with Crippen LogP contribution in [-0.4, -0.2) is 26.3 Å². The molecule has 0 N–H and O–H groups in total. The second-order valence-electron chi connectivity index (χ2n) is 4.93. The Morgan fingerprint density at radius 3 is 1.91 bits per heavy atom. The number of nitro benzene ring substituents is 1. The van der Waals surface area contributed by atoms with E-state index in [1.165, 1.54) is 12.1 Å².